The predicted molar refractivity (Wildman–Crippen MR) is 67.7 cm³/mol. The molecule has 2 N–H and O–H groups in total. The molecule has 3 heterocycles. The van der Waals surface area contributed by atoms with Crippen molar-refractivity contribution in [1.82, 2.24) is 14.4 Å². The van der Waals surface area contributed by atoms with Crippen LogP contribution in [0.15, 0.2) is 17.8 Å². The van der Waals surface area contributed by atoms with Gasteiger partial charge in [-0.15, -0.1) is 11.3 Å². The largest absolute Gasteiger partial charge is 0.434 e. The molecule has 20 heavy (non-hydrogen) atoms. The van der Waals surface area contributed by atoms with E-state index in [0.717, 1.165) is 28.1 Å². The number of nitrogens with two attached hydrogens (primary N) is 1. The number of rotatable bonds is 2. The highest BCUT2D eigenvalue weighted by Crippen LogP contribution is 2.36. The van der Waals surface area contributed by atoms with Gasteiger partial charge in [0.25, 0.3) is 5.91 Å². The zero-order valence-electron chi connectivity index (χ0n) is 9.51. The molecule has 0 aliphatic carbocycles. The highest BCUT2D eigenvalue weighted by molar-refractivity contribution is 7.24. The molecule has 0 aliphatic rings. The minimum Gasteiger partial charge on any atom is -0.364 e. The van der Waals surface area contributed by atoms with E-state index in [2.05, 4.69) is 9.97 Å². The molecule has 0 fully saturated rings. The molecule has 10 heteroatoms. The van der Waals surface area contributed by atoms with Crippen molar-refractivity contribution in [3.05, 3.63) is 29.2 Å². The van der Waals surface area contributed by atoms with E-state index in [0.29, 0.717) is 9.84 Å². The van der Waals surface area contributed by atoms with Gasteiger partial charge in [0.05, 0.1) is 11.1 Å². The molecule has 0 unspecified atom stereocenters. The number of amides is 1. The summed E-state index contributed by atoms with van der Waals surface area (Å²) in [6.45, 7) is 0. The fraction of sp³-hybridized carbons (Fsp3) is 0.100. The van der Waals surface area contributed by atoms with Crippen LogP contribution in [-0.2, 0) is 6.18 Å². The molecule has 0 atom stereocenters. The van der Waals surface area contributed by atoms with Gasteiger partial charge in [-0.05, 0) is 0 Å². The van der Waals surface area contributed by atoms with Gasteiger partial charge >= 0.3 is 6.18 Å². The number of nitrogens with zero attached hydrogens (tertiary/aromatic N) is 3. The second-order valence-corrected chi connectivity index (χ2v) is 5.66. The fourth-order valence-electron chi connectivity index (χ4n) is 1.58. The molecule has 0 saturated carbocycles. The van der Waals surface area contributed by atoms with E-state index in [4.69, 9.17) is 5.73 Å². The molecule has 104 valence electrons. The summed E-state index contributed by atoms with van der Waals surface area (Å²) in [5.74, 6) is -0.656. The van der Waals surface area contributed by atoms with Crippen LogP contribution in [0.4, 0.5) is 13.2 Å². The van der Waals surface area contributed by atoms with Crippen LogP contribution < -0.4 is 5.73 Å². The summed E-state index contributed by atoms with van der Waals surface area (Å²) in [6.07, 6.45) is -1.64. The van der Waals surface area contributed by atoms with Crippen molar-refractivity contribution in [3.8, 4) is 9.88 Å². The number of carbonyl (C=O) groups excluding carboxylic acids is 1. The third kappa shape index (κ3) is 2.06. The van der Waals surface area contributed by atoms with Gasteiger partial charge < -0.3 is 5.73 Å². The van der Waals surface area contributed by atoms with Crippen LogP contribution >= 0.6 is 22.7 Å². The highest BCUT2D eigenvalue weighted by atomic mass is 32.1. The first kappa shape index (κ1) is 13.1. The van der Waals surface area contributed by atoms with Crippen molar-refractivity contribution < 1.29 is 18.0 Å². The average molecular weight is 318 g/mol. The first-order chi connectivity index (χ1) is 9.36. The SMILES string of the molecule is NC(=O)c1cnc2sc(-c3nc(C(F)(F)F)cs3)cn12. The summed E-state index contributed by atoms with van der Waals surface area (Å²) in [5.41, 5.74) is 4.42. The lowest BCUT2D eigenvalue weighted by atomic mass is 10.4. The van der Waals surface area contributed by atoms with Gasteiger partial charge in [-0.1, -0.05) is 11.3 Å². The molecule has 0 bridgehead atoms. The smallest absolute Gasteiger partial charge is 0.364 e. The lowest BCUT2D eigenvalue weighted by molar-refractivity contribution is -0.140. The normalized spacial score (nSPS) is 12.2. The Morgan fingerprint density at radius 2 is 2.15 bits per heavy atom. The van der Waals surface area contributed by atoms with Gasteiger partial charge in [0.15, 0.2) is 10.7 Å². The van der Waals surface area contributed by atoms with Gasteiger partial charge in [0.1, 0.15) is 10.7 Å². The molecule has 1 amide bonds. The molecule has 3 aromatic heterocycles. The predicted octanol–water partition coefficient (Wildman–Crippen LogP) is 2.64. The van der Waals surface area contributed by atoms with Crippen molar-refractivity contribution in [2.24, 2.45) is 5.73 Å². The van der Waals surface area contributed by atoms with Crippen molar-refractivity contribution >= 4 is 33.5 Å². The van der Waals surface area contributed by atoms with Crippen LogP contribution in [0.25, 0.3) is 14.8 Å². The summed E-state index contributed by atoms with van der Waals surface area (Å²) < 4.78 is 38.9. The third-order valence-corrected chi connectivity index (χ3v) is 4.48. The van der Waals surface area contributed by atoms with Crippen molar-refractivity contribution in [2.75, 3.05) is 0 Å². The summed E-state index contributed by atoms with van der Waals surface area (Å²) in [4.78, 5) is 19.7. The number of fused-ring (bicyclic) bond motifs is 1. The Kier molecular flexibility index (Phi) is 2.80. The molecule has 0 saturated heterocycles. The maximum Gasteiger partial charge on any atom is 0.434 e. The summed E-state index contributed by atoms with van der Waals surface area (Å²) in [5, 5.41) is 1.18. The van der Waals surface area contributed by atoms with E-state index in [-0.39, 0.29) is 10.7 Å². The summed E-state index contributed by atoms with van der Waals surface area (Å²) in [6, 6.07) is 0. The van der Waals surface area contributed by atoms with Crippen LogP contribution in [0.1, 0.15) is 16.2 Å². The Labute approximate surface area is 117 Å². The maximum atomic E-state index is 12.5. The van der Waals surface area contributed by atoms with Crippen LogP contribution in [0.2, 0.25) is 0 Å². The zero-order chi connectivity index (χ0) is 14.5. The number of alkyl halides is 3. The van der Waals surface area contributed by atoms with Crippen molar-refractivity contribution in [2.45, 2.75) is 6.18 Å². The quantitative estimate of drug-likeness (QED) is 0.789. The van der Waals surface area contributed by atoms with E-state index < -0.39 is 17.8 Å². The van der Waals surface area contributed by atoms with Gasteiger partial charge in [0.2, 0.25) is 0 Å². The molecule has 0 aliphatic heterocycles. The number of halogens is 3. The molecular formula is C10H5F3N4OS2. The van der Waals surface area contributed by atoms with E-state index in [1.807, 2.05) is 0 Å². The average Bonchev–Trinajstić information content (AvgIpc) is 3.01. The first-order valence-electron chi connectivity index (χ1n) is 5.16. The molecule has 0 aromatic carbocycles. The lowest BCUT2D eigenvalue weighted by Crippen LogP contribution is -2.12. The Morgan fingerprint density at radius 1 is 1.40 bits per heavy atom. The van der Waals surface area contributed by atoms with Gasteiger partial charge in [-0.25, -0.2) is 9.97 Å². The van der Waals surface area contributed by atoms with Crippen molar-refractivity contribution in [3.63, 3.8) is 0 Å². The van der Waals surface area contributed by atoms with Crippen LogP contribution in [-0.4, -0.2) is 20.3 Å². The number of imidazole rings is 1. The van der Waals surface area contributed by atoms with Gasteiger partial charge in [0, 0.05) is 11.6 Å². The van der Waals surface area contributed by atoms with Crippen LogP contribution in [0, 0.1) is 0 Å². The van der Waals surface area contributed by atoms with E-state index in [1.54, 1.807) is 0 Å². The van der Waals surface area contributed by atoms with Crippen LogP contribution in [0.3, 0.4) is 0 Å². The number of carbonyl (C=O) groups is 1. The lowest BCUT2D eigenvalue weighted by Gasteiger charge is -1.99. The fourth-order valence-corrected chi connectivity index (χ4v) is 3.43. The zero-order valence-corrected chi connectivity index (χ0v) is 11.1. The monoisotopic (exact) mass is 318 g/mol. The van der Waals surface area contributed by atoms with Crippen LogP contribution in [0.5, 0.6) is 0 Å². The standard InChI is InChI=1S/C10H5F3N4OS2/c11-10(12,13)6-3-19-8(16-6)5-2-17-4(7(14)18)1-15-9(17)20-5/h1-3H,(H2,14,18). The topological polar surface area (TPSA) is 73.3 Å². The van der Waals surface area contributed by atoms with E-state index in [1.165, 1.54) is 16.8 Å². The second-order valence-electron chi connectivity index (χ2n) is 3.79. The van der Waals surface area contributed by atoms with Gasteiger partial charge in [-0.2, -0.15) is 13.2 Å². The molecule has 0 radical (unpaired) electrons. The Balaban J connectivity index is 2.06. The highest BCUT2D eigenvalue weighted by Gasteiger charge is 2.34. The van der Waals surface area contributed by atoms with E-state index in [9.17, 15) is 18.0 Å². The Bertz CT molecular complexity index is 801. The maximum absolute atomic E-state index is 12.5. The Hall–Kier alpha value is -1.94. The number of hydrogen-bond donors (Lipinski definition) is 1. The minimum atomic E-state index is -4.47. The molecule has 3 aromatic rings. The molecule has 3 rings (SSSR count). The number of thiazole rings is 2. The number of hydrogen-bond acceptors (Lipinski definition) is 5. The Morgan fingerprint density at radius 3 is 2.75 bits per heavy atom. The molecular weight excluding hydrogens is 313 g/mol. The first-order valence-corrected chi connectivity index (χ1v) is 6.85. The summed E-state index contributed by atoms with van der Waals surface area (Å²) >= 11 is 2.02. The molecule has 5 nitrogen and oxygen atoms in total. The number of aromatic nitrogens is 3. The minimum absolute atomic E-state index is 0.176. The molecule has 0 spiro atoms. The second kappa shape index (κ2) is 4.28. The number of primary amides is 1. The van der Waals surface area contributed by atoms with E-state index >= 15 is 0 Å². The van der Waals surface area contributed by atoms with Gasteiger partial charge in [-0.3, -0.25) is 9.20 Å². The summed E-state index contributed by atoms with van der Waals surface area (Å²) in [7, 11) is 0. The van der Waals surface area contributed by atoms with Crippen molar-refractivity contribution in [1.29, 1.82) is 0 Å². The third-order valence-electron chi connectivity index (χ3n) is 2.47.